The first-order chi connectivity index (χ1) is 9.71. The Hall–Kier alpha value is -1.61. The van der Waals surface area contributed by atoms with Gasteiger partial charge < -0.3 is 4.74 Å². The highest BCUT2D eigenvalue weighted by atomic mass is 32.2. The molecular weight excluding hydrogens is 327 g/mol. The quantitative estimate of drug-likeness (QED) is 0.472. The first-order valence-corrected chi connectivity index (χ1v) is 6.68. The lowest BCUT2D eigenvalue weighted by atomic mass is 10.2. The van der Waals surface area contributed by atoms with Gasteiger partial charge in [0.2, 0.25) is 0 Å². The lowest BCUT2D eigenvalue weighted by Gasteiger charge is -2.16. The van der Waals surface area contributed by atoms with E-state index in [-0.39, 0.29) is 22.9 Å². The summed E-state index contributed by atoms with van der Waals surface area (Å²) in [7, 11) is 0.872. The molecule has 1 amide bonds. The van der Waals surface area contributed by atoms with Crippen LogP contribution in [0.5, 0.6) is 0 Å². The Morgan fingerprint density at radius 1 is 1.29 bits per heavy atom. The Morgan fingerprint density at radius 3 is 2.38 bits per heavy atom. The standard InChI is InChI=1S/C12H10F3NO3S2/c1-16(11(18)12(13,14)15)21-10(20)9(17)19-7-8-5-3-2-4-6-8/h2-6H,7H2,1H3. The monoisotopic (exact) mass is 337 g/mol. The van der Waals surface area contributed by atoms with Gasteiger partial charge in [-0.2, -0.15) is 13.2 Å². The number of alkyl halides is 3. The molecule has 0 aliphatic rings. The van der Waals surface area contributed by atoms with Gasteiger partial charge in [-0.05, 0) is 5.56 Å². The van der Waals surface area contributed by atoms with Crippen LogP contribution in [0.1, 0.15) is 5.56 Å². The second kappa shape index (κ2) is 7.41. The van der Waals surface area contributed by atoms with Crippen LogP contribution >= 0.6 is 24.2 Å². The molecule has 0 radical (unpaired) electrons. The zero-order valence-electron chi connectivity index (χ0n) is 10.7. The van der Waals surface area contributed by atoms with E-state index in [0.717, 1.165) is 7.05 Å². The van der Waals surface area contributed by atoms with Gasteiger partial charge in [0.25, 0.3) is 0 Å². The van der Waals surface area contributed by atoms with Crippen LogP contribution in [-0.4, -0.2) is 33.6 Å². The van der Waals surface area contributed by atoms with Crippen LogP contribution in [0.3, 0.4) is 0 Å². The number of hydrogen-bond acceptors (Lipinski definition) is 5. The fraction of sp³-hybridized carbons (Fsp3) is 0.250. The van der Waals surface area contributed by atoms with Crippen molar-refractivity contribution in [3.63, 3.8) is 0 Å². The molecule has 0 saturated heterocycles. The average Bonchev–Trinajstić information content (AvgIpc) is 2.43. The zero-order valence-corrected chi connectivity index (χ0v) is 12.3. The SMILES string of the molecule is CN(SC(=S)C(=O)OCc1ccccc1)C(=O)C(F)(F)F. The molecule has 0 fully saturated rings. The minimum absolute atomic E-state index is 0.0582. The molecule has 0 heterocycles. The highest BCUT2D eigenvalue weighted by molar-refractivity contribution is 8.24. The Balaban J connectivity index is 2.48. The molecule has 0 atom stereocenters. The molecule has 9 heteroatoms. The number of nitrogens with zero attached hydrogens (tertiary/aromatic N) is 1. The lowest BCUT2D eigenvalue weighted by Crippen LogP contribution is -2.35. The molecule has 0 N–H and O–H groups in total. The van der Waals surface area contributed by atoms with Gasteiger partial charge in [0, 0.05) is 19.0 Å². The normalized spacial score (nSPS) is 10.9. The Labute approximate surface area is 128 Å². The minimum atomic E-state index is -5.02. The lowest BCUT2D eigenvalue weighted by molar-refractivity contribution is -0.178. The predicted octanol–water partition coefficient (Wildman–Crippen LogP) is 2.73. The van der Waals surface area contributed by atoms with Crippen molar-refractivity contribution in [2.24, 2.45) is 0 Å². The number of carbonyl (C=O) groups is 2. The summed E-state index contributed by atoms with van der Waals surface area (Å²) in [6.07, 6.45) is -5.02. The van der Waals surface area contributed by atoms with Crippen LogP contribution < -0.4 is 0 Å². The number of carbonyl (C=O) groups excluding carboxylic acids is 2. The van der Waals surface area contributed by atoms with Gasteiger partial charge in [-0.3, -0.25) is 9.10 Å². The van der Waals surface area contributed by atoms with Gasteiger partial charge >= 0.3 is 18.1 Å². The minimum Gasteiger partial charge on any atom is -0.456 e. The molecule has 4 nitrogen and oxygen atoms in total. The highest BCUT2D eigenvalue weighted by Crippen LogP contribution is 2.23. The topological polar surface area (TPSA) is 46.6 Å². The molecule has 0 bridgehead atoms. The first-order valence-electron chi connectivity index (χ1n) is 5.49. The van der Waals surface area contributed by atoms with Crippen molar-refractivity contribution in [1.82, 2.24) is 4.31 Å². The van der Waals surface area contributed by atoms with E-state index in [4.69, 9.17) is 4.74 Å². The molecule has 0 aliphatic carbocycles. The molecule has 114 valence electrons. The summed E-state index contributed by atoms with van der Waals surface area (Å²) in [4.78, 5) is 22.4. The number of rotatable bonds is 2. The number of halogens is 3. The largest absolute Gasteiger partial charge is 0.472 e. The van der Waals surface area contributed by atoms with E-state index in [1.165, 1.54) is 0 Å². The molecule has 1 aromatic carbocycles. The summed E-state index contributed by atoms with van der Waals surface area (Å²) in [5.41, 5.74) is 0.707. The van der Waals surface area contributed by atoms with Gasteiger partial charge in [0.15, 0.2) is 4.20 Å². The number of amides is 1. The summed E-state index contributed by atoms with van der Waals surface area (Å²) < 4.78 is 41.1. The average molecular weight is 337 g/mol. The molecular formula is C12H10F3NO3S2. The maximum atomic E-state index is 12.2. The van der Waals surface area contributed by atoms with E-state index in [9.17, 15) is 22.8 Å². The van der Waals surface area contributed by atoms with Gasteiger partial charge in [0.1, 0.15) is 6.61 Å². The van der Waals surface area contributed by atoms with Gasteiger partial charge in [-0.15, -0.1) is 0 Å². The molecule has 0 spiro atoms. The third kappa shape index (κ3) is 5.72. The number of thiocarbonyl (C=S) groups is 1. The van der Waals surface area contributed by atoms with Crippen molar-refractivity contribution in [3.05, 3.63) is 35.9 Å². The van der Waals surface area contributed by atoms with E-state index in [0.29, 0.717) is 5.56 Å². The second-order valence-corrected chi connectivity index (χ2v) is 5.55. The third-order valence-corrected chi connectivity index (χ3v) is 3.29. The van der Waals surface area contributed by atoms with E-state index in [1.54, 1.807) is 30.3 Å². The van der Waals surface area contributed by atoms with Crippen molar-refractivity contribution in [3.8, 4) is 0 Å². The van der Waals surface area contributed by atoms with Gasteiger partial charge in [-0.25, -0.2) is 4.79 Å². The number of benzene rings is 1. The van der Waals surface area contributed by atoms with Crippen molar-refractivity contribution < 1.29 is 27.5 Å². The summed E-state index contributed by atoms with van der Waals surface area (Å²) in [5.74, 6) is -3.06. The van der Waals surface area contributed by atoms with Crippen LogP contribution in [0, 0.1) is 0 Å². The first kappa shape index (κ1) is 17.4. The molecule has 0 unspecified atom stereocenters. The van der Waals surface area contributed by atoms with Crippen LogP contribution in [-0.2, 0) is 20.9 Å². The Kier molecular flexibility index (Phi) is 6.16. The molecule has 21 heavy (non-hydrogen) atoms. The number of esters is 1. The van der Waals surface area contributed by atoms with Crippen molar-refractivity contribution in [2.45, 2.75) is 12.8 Å². The summed E-state index contributed by atoms with van der Waals surface area (Å²) in [6, 6.07) is 8.69. The predicted molar refractivity (Wildman–Crippen MR) is 75.3 cm³/mol. The van der Waals surface area contributed by atoms with E-state index < -0.39 is 22.2 Å². The van der Waals surface area contributed by atoms with Crippen molar-refractivity contribution >= 4 is 40.2 Å². The number of hydrogen-bond donors (Lipinski definition) is 0. The fourth-order valence-corrected chi connectivity index (χ4v) is 2.13. The summed E-state index contributed by atoms with van der Waals surface area (Å²) in [6.45, 7) is -0.0582. The molecule has 0 saturated carbocycles. The van der Waals surface area contributed by atoms with Crippen LogP contribution in [0.25, 0.3) is 0 Å². The summed E-state index contributed by atoms with van der Waals surface area (Å²) in [5, 5.41) is 0. The second-order valence-electron chi connectivity index (χ2n) is 3.74. The van der Waals surface area contributed by atoms with E-state index in [1.807, 2.05) is 0 Å². The van der Waals surface area contributed by atoms with Crippen LogP contribution in [0.2, 0.25) is 0 Å². The Morgan fingerprint density at radius 2 is 1.86 bits per heavy atom. The molecule has 1 rings (SSSR count). The summed E-state index contributed by atoms with van der Waals surface area (Å²) >= 11 is 4.84. The fourth-order valence-electron chi connectivity index (χ4n) is 1.16. The zero-order chi connectivity index (χ0) is 16.0. The third-order valence-electron chi connectivity index (χ3n) is 2.13. The van der Waals surface area contributed by atoms with Crippen molar-refractivity contribution in [1.29, 1.82) is 0 Å². The molecule has 0 aliphatic heterocycles. The Bertz CT molecular complexity index is 534. The molecule has 1 aromatic rings. The molecule has 0 aromatic heterocycles. The number of ether oxygens (including phenoxy) is 1. The van der Waals surface area contributed by atoms with E-state index >= 15 is 0 Å². The van der Waals surface area contributed by atoms with Gasteiger partial charge in [0.05, 0.1) is 0 Å². The highest BCUT2D eigenvalue weighted by Gasteiger charge is 2.42. The van der Waals surface area contributed by atoms with E-state index in [2.05, 4.69) is 12.2 Å². The van der Waals surface area contributed by atoms with Crippen LogP contribution in [0.15, 0.2) is 30.3 Å². The van der Waals surface area contributed by atoms with Crippen molar-refractivity contribution in [2.75, 3.05) is 7.05 Å². The maximum Gasteiger partial charge on any atom is 0.472 e. The van der Waals surface area contributed by atoms with Crippen LogP contribution in [0.4, 0.5) is 13.2 Å². The maximum absolute atomic E-state index is 12.2. The van der Waals surface area contributed by atoms with Gasteiger partial charge in [-0.1, -0.05) is 42.5 Å². The smallest absolute Gasteiger partial charge is 0.456 e.